The summed E-state index contributed by atoms with van der Waals surface area (Å²) in [7, 11) is 0. The van der Waals surface area contributed by atoms with Gasteiger partial charge < -0.3 is 13.3 Å². The van der Waals surface area contributed by atoms with Crippen LogP contribution in [0.5, 0.6) is 0 Å². The van der Waals surface area contributed by atoms with Crippen LogP contribution in [0.1, 0.15) is 0 Å². The average Bonchev–Trinajstić information content (AvgIpc) is 4.00. The standard InChI is InChI=1S/C53H29N3O3/c1-4-20-42-37(11-1)48-35(17-9-23-45(48)57-42)33-15-7-16-34-32(33)14-8-18-36(34)52-54-51(55-53(56-52)40-19-10-24-46-49(40)38-12-2-5-21-43(38)58-46)31-26-25-30-27-28-47-50(41(30)29-31)39-13-3-6-22-44(39)59-47/h1-29H. The van der Waals surface area contributed by atoms with Crippen molar-refractivity contribution in [3.05, 3.63) is 176 Å². The van der Waals surface area contributed by atoms with Gasteiger partial charge in [0.15, 0.2) is 17.5 Å². The molecule has 0 bridgehead atoms. The van der Waals surface area contributed by atoms with Gasteiger partial charge in [0, 0.05) is 49.0 Å². The normalized spacial score (nSPS) is 12.1. The van der Waals surface area contributed by atoms with Gasteiger partial charge >= 0.3 is 0 Å². The second-order valence-electron chi connectivity index (χ2n) is 15.0. The minimum absolute atomic E-state index is 0.567. The first-order valence-electron chi connectivity index (χ1n) is 19.7. The van der Waals surface area contributed by atoms with Crippen molar-refractivity contribution in [2.45, 2.75) is 0 Å². The predicted octanol–water partition coefficient (Wildman–Crippen LogP) is 14.5. The lowest BCUT2D eigenvalue weighted by Gasteiger charge is -2.13. The highest BCUT2D eigenvalue weighted by Crippen LogP contribution is 2.42. The zero-order valence-corrected chi connectivity index (χ0v) is 31.3. The van der Waals surface area contributed by atoms with Gasteiger partial charge in [-0.2, -0.15) is 0 Å². The number of nitrogens with zero attached hydrogens (tertiary/aromatic N) is 3. The van der Waals surface area contributed by atoms with E-state index in [1.54, 1.807) is 0 Å². The Kier molecular flexibility index (Phi) is 6.63. The molecule has 0 N–H and O–H groups in total. The first-order chi connectivity index (χ1) is 29.2. The Bertz CT molecular complexity index is 3870. The molecule has 0 saturated heterocycles. The molecule has 6 nitrogen and oxygen atoms in total. The summed E-state index contributed by atoms with van der Waals surface area (Å²) in [6.45, 7) is 0. The van der Waals surface area contributed by atoms with E-state index in [1.165, 1.54) is 0 Å². The molecule has 0 aliphatic rings. The molecular formula is C53H29N3O3. The Balaban J connectivity index is 1.07. The van der Waals surface area contributed by atoms with E-state index >= 15 is 0 Å². The van der Waals surface area contributed by atoms with Crippen molar-refractivity contribution in [1.82, 2.24) is 15.0 Å². The van der Waals surface area contributed by atoms with E-state index in [1.807, 2.05) is 60.7 Å². The Hall–Kier alpha value is -8.09. The van der Waals surface area contributed by atoms with Crippen molar-refractivity contribution in [2.75, 3.05) is 0 Å². The van der Waals surface area contributed by atoms with Crippen molar-refractivity contribution in [2.24, 2.45) is 0 Å². The molecule has 59 heavy (non-hydrogen) atoms. The maximum absolute atomic E-state index is 6.34. The molecule has 0 spiro atoms. The molecule has 9 aromatic carbocycles. The number of hydrogen-bond acceptors (Lipinski definition) is 6. The average molecular weight is 756 g/mol. The smallest absolute Gasteiger partial charge is 0.164 e. The molecule has 4 heterocycles. The molecule has 0 amide bonds. The van der Waals surface area contributed by atoms with Crippen molar-refractivity contribution < 1.29 is 13.3 Å². The number of fused-ring (bicyclic) bond motifs is 12. The van der Waals surface area contributed by atoms with Crippen molar-refractivity contribution in [1.29, 1.82) is 0 Å². The van der Waals surface area contributed by atoms with Crippen LogP contribution in [-0.2, 0) is 0 Å². The fourth-order valence-electron chi connectivity index (χ4n) is 9.13. The molecule has 0 radical (unpaired) electrons. The summed E-state index contributed by atoms with van der Waals surface area (Å²) >= 11 is 0. The Morgan fingerprint density at radius 2 is 0.712 bits per heavy atom. The molecule has 6 heteroatoms. The van der Waals surface area contributed by atoms with Crippen LogP contribution in [-0.4, -0.2) is 15.0 Å². The lowest BCUT2D eigenvalue weighted by Crippen LogP contribution is -2.01. The topological polar surface area (TPSA) is 78.1 Å². The van der Waals surface area contributed by atoms with Crippen LogP contribution in [0.3, 0.4) is 0 Å². The second kappa shape index (κ2) is 12.2. The van der Waals surface area contributed by atoms with Gasteiger partial charge in [0.2, 0.25) is 0 Å². The molecule has 0 fully saturated rings. The van der Waals surface area contributed by atoms with Gasteiger partial charge in [-0.15, -0.1) is 0 Å². The lowest BCUT2D eigenvalue weighted by molar-refractivity contribution is 0.668. The fourth-order valence-corrected chi connectivity index (χ4v) is 9.13. The number of benzene rings is 9. The highest BCUT2D eigenvalue weighted by molar-refractivity contribution is 6.20. The highest BCUT2D eigenvalue weighted by Gasteiger charge is 2.21. The van der Waals surface area contributed by atoms with Gasteiger partial charge in [-0.3, -0.25) is 0 Å². The van der Waals surface area contributed by atoms with Crippen molar-refractivity contribution in [3.8, 4) is 45.3 Å². The minimum atomic E-state index is 0.567. The summed E-state index contributed by atoms with van der Waals surface area (Å²) in [6, 6.07) is 60.4. The molecule has 0 atom stereocenters. The minimum Gasteiger partial charge on any atom is -0.456 e. The number of para-hydroxylation sites is 3. The van der Waals surface area contributed by atoms with Crippen molar-refractivity contribution >= 4 is 87.4 Å². The summed E-state index contributed by atoms with van der Waals surface area (Å²) in [6.07, 6.45) is 0. The maximum atomic E-state index is 6.34. The molecule has 4 aromatic heterocycles. The largest absolute Gasteiger partial charge is 0.456 e. The number of furan rings is 3. The first-order valence-corrected chi connectivity index (χ1v) is 19.7. The third kappa shape index (κ3) is 4.77. The van der Waals surface area contributed by atoms with E-state index in [-0.39, 0.29) is 0 Å². The van der Waals surface area contributed by atoms with Gasteiger partial charge in [0.25, 0.3) is 0 Å². The van der Waals surface area contributed by atoms with E-state index in [0.717, 1.165) is 115 Å². The summed E-state index contributed by atoms with van der Waals surface area (Å²) in [5.74, 6) is 1.72. The van der Waals surface area contributed by atoms with Crippen molar-refractivity contribution in [3.63, 3.8) is 0 Å². The van der Waals surface area contributed by atoms with Crippen LogP contribution in [0, 0.1) is 0 Å². The molecule has 274 valence electrons. The van der Waals surface area contributed by atoms with E-state index in [2.05, 4.69) is 115 Å². The summed E-state index contributed by atoms with van der Waals surface area (Å²) in [5.41, 5.74) is 9.92. The summed E-state index contributed by atoms with van der Waals surface area (Å²) < 4.78 is 18.9. The third-order valence-electron chi connectivity index (χ3n) is 11.8. The molecular weight excluding hydrogens is 727 g/mol. The summed E-state index contributed by atoms with van der Waals surface area (Å²) in [5, 5.41) is 10.6. The van der Waals surface area contributed by atoms with Crippen LogP contribution in [0.15, 0.2) is 189 Å². The second-order valence-corrected chi connectivity index (χ2v) is 15.0. The van der Waals surface area contributed by atoms with Gasteiger partial charge in [0.1, 0.15) is 33.5 Å². The van der Waals surface area contributed by atoms with E-state index < -0.39 is 0 Å². The van der Waals surface area contributed by atoms with E-state index in [0.29, 0.717) is 17.5 Å². The van der Waals surface area contributed by atoms with E-state index in [9.17, 15) is 0 Å². The highest BCUT2D eigenvalue weighted by atomic mass is 16.3. The number of aromatic nitrogens is 3. The molecule has 13 rings (SSSR count). The van der Waals surface area contributed by atoms with Gasteiger partial charge in [0.05, 0.1) is 0 Å². The molecule has 0 saturated carbocycles. The number of hydrogen-bond donors (Lipinski definition) is 0. The third-order valence-corrected chi connectivity index (χ3v) is 11.8. The molecule has 0 aliphatic heterocycles. The van der Waals surface area contributed by atoms with Gasteiger partial charge in [-0.25, -0.2) is 15.0 Å². The van der Waals surface area contributed by atoms with Crippen LogP contribution in [0.4, 0.5) is 0 Å². The maximum Gasteiger partial charge on any atom is 0.164 e. The lowest BCUT2D eigenvalue weighted by atomic mass is 9.93. The quantitative estimate of drug-likeness (QED) is 0.178. The zero-order valence-electron chi connectivity index (χ0n) is 31.3. The zero-order chi connectivity index (χ0) is 38.6. The SMILES string of the molecule is c1ccc2c(c1)oc1cccc(-c3nc(-c4ccc5ccc6oc7ccccc7c6c5c4)nc(-c4cccc5c(-c6cccc7oc8ccccc8c67)cccc45)n3)c12. The van der Waals surface area contributed by atoms with E-state index in [4.69, 9.17) is 28.2 Å². The Morgan fingerprint density at radius 3 is 1.39 bits per heavy atom. The van der Waals surface area contributed by atoms with Crippen LogP contribution < -0.4 is 0 Å². The summed E-state index contributed by atoms with van der Waals surface area (Å²) in [4.78, 5) is 15.9. The Morgan fingerprint density at radius 1 is 0.271 bits per heavy atom. The van der Waals surface area contributed by atoms with Crippen LogP contribution in [0.25, 0.3) is 133 Å². The molecule has 13 aromatic rings. The molecule has 0 unspecified atom stereocenters. The first kappa shape index (κ1) is 32.0. The van der Waals surface area contributed by atoms with Crippen LogP contribution in [0.2, 0.25) is 0 Å². The Labute approximate surface area is 335 Å². The van der Waals surface area contributed by atoms with Gasteiger partial charge in [-0.05, 0) is 75.1 Å². The van der Waals surface area contributed by atoms with Gasteiger partial charge in [-0.1, -0.05) is 133 Å². The predicted molar refractivity (Wildman–Crippen MR) is 238 cm³/mol. The monoisotopic (exact) mass is 755 g/mol. The van der Waals surface area contributed by atoms with Crippen LogP contribution >= 0.6 is 0 Å². The fraction of sp³-hybridized carbons (Fsp3) is 0. The molecule has 0 aliphatic carbocycles. The number of rotatable bonds is 4.